The Kier molecular flexibility index (Phi) is 7.34. The Morgan fingerprint density at radius 2 is 1.82 bits per heavy atom. The van der Waals surface area contributed by atoms with Gasteiger partial charge < -0.3 is 14.8 Å². The number of methoxy groups -OCH3 is 2. The highest BCUT2D eigenvalue weighted by molar-refractivity contribution is 6.30. The van der Waals surface area contributed by atoms with Crippen LogP contribution in [-0.2, 0) is 14.3 Å². The number of alkyl halides is 3. The Hall–Kier alpha value is -2.23. The van der Waals surface area contributed by atoms with Gasteiger partial charge >= 0.3 is 6.18 Å². The molecule has 0 aliphatic heterocycles. The zero-order valence-corrected chi connectivity index (χ0v) is 16.1. The molecule has 1 atom stereocenters. The summed E-state index contributed by atoms with van der Waals surface area (Å²) in [6.45, 7) is 0.0536. The minimum atomic E-state index is -4.44. The van der Waals surface area contributed by atoms with E-state index in [1.54, 1.807) is 24.3 Å². The van der Waals surface area contributed by atoms with Crippen LogP contribution in [0.5, 0.6) is 0 Å². The fraction of sp³-hybridized carbons (Fsp3) is 0.389. The summed E-state index contributed by atoms with van der Waals surface area (Å²) < 4.78 is 48.0. The van der Waals surface area contributed by atoms with Gasteiger partial charge in [0.25, 0.3) is 0 Å². The molecule has 1 N–H and O–H groups in total. The van der Waals surface area contributed by atoms with Crippen molar-refractivity contribution in [3.8, 4) is 0 Å². The molecule has 0 spiro atoms. The fourth-order valence-electron chi connectivity index (χ4n) is 2.67. The molecule has 152 valence electrons. The Labute approximate surface area is 165 Å². The molecule has 1 aromatic carbocycles. The Bertz CT molecular complexity index is 812. The van der Waals surface area contributed by atoms with Gasteiger partial charge in [-0.15, -0.1) is 0 Å². The van der Waals surface area contributed by atoms with Crippen molar-refractivity contribution in [2.24, 2.45) is 0 Å². The van der Waals surface area contributed by atoms with Gasteiger partial charge in [-0.1, -0.05) is 23.7 Å². The topological polar surface area (TPSA) is 73.3 Å². The lowest BCUT2D eigenvalue weighted by Gasteiger charge is -2.22. The third kappa shape index (κ3) is 5.63. The predicted octanol–water partition coefficient (Wildman–Crippen LogP) is 4.12. The molecule has 2 aromatic rings. The highest BCUT2D eigenvalue weighted by atomic mass is 35.5. The maximum absolute atomic E-state index is 12.5. The van der Waals surface area contributed by atoms with Crippen molar-refractivity contribution >= 4 is 23.3 Å². The van der Waals surface area contributed by atoms with Crippen molar-refractivity contribution in [3.05, 3.63) is 52.3 Å². The summed E-state index contributed by atoms with van der Waals surface area (Å²) in [6.07, 6.45) is -4.06. The van der Waals surface area contributed by atoms with Crippen molar-refractivity contribution in [3.63, 3.8) is 0 Å². The molecule has 6 nitrogen and oxygen atoms in total. The van der Waals surface area contributed by atoms with Crippen molar-refractivity contribution < 1.29 is 27.4 Å². The number of rotatable bonds is 8. The van der Waals surface area contributed by atoms with Gasteiger partial charge in [-0.2, -0.15) is 13.2 Å². The number of nitrogens with one attached hydrogen (secondary N) is 1. The number of ketones is 1. The highest BCUT2D eigenvalue weighted by Gasteiger charge is 2.30. The normalized spacial score (nSPS) is 12.9. The van der Waals surface area contributed by atoms with Gasteiger partial charge in [0.1, 0.15) is 12.3 Å². The molecule has 1 heterocycles. The van der Waals surface area contributed by atoms with Crippen LogP contribution in [0.3, 0.4) is 0 Å². The molecule has 0 aliphatic rings. The van der Waals surface area contributed by atoms with Gasteiger partial charge in [-0.3, -0.25) is 4.79 Å². The standard InChI is InChI=1S/C18H19ClF3N3O3/c1-10(26)14(11-4-6-12(19)7-5-11)15-13(16(27-2)28-3)8-23-17(25-15)24-9-18(20,21)22/h4-8,14,16H,9H2,1-3H3,(H,23,24,25). The lowest BCUT2D eigenvalue weighted by molar-refractivity contribution is -0.118. The van der Waals surface area contributed by atoms with E-state index in [2.05, 4.69) is 15.3 Å². The van der Waals surface area contributed by atoms with E-state index in [0.717, 1.165) is 0 Å². The van der Waals surface area contributed by atoms with Crippen LogP contribution in [0.25, 0.3) is 0 Å². The van der Waals surface area contributed by atoms with Crippen LogP contribution in [-0.4, -0.2) is 42.7 Å². The van der Waals surface area contributed by atoms with Crippen molar-refractivity contribution in [2.75, 3.05) is 26.1 Å². The van der Waals surface area contributed by atoms with E-state index in [1.165, 1.54) is 27.3 Å². The molecule has 1 unspecified atom stereocenters. The molecule has 10 heteroatoms. The molecule has 0 saturated heterocycles. The third-order valence-corrected chi connectivity index (χ3v) is 4.11. The summed E-state index contributed by atoms with van der Waals surface area (Å²) in [5.74, 6) is -1.40. The van der Waals surface area contributed by atoms with Crippen molar-refractivity contribution in [2.45, 2.75) is 25.3 Å². The van der Waals surface area contributed by atoms with Gasteiger partial charge in [0.05, 0.1) is 11.6 Å². The summed E-state index contributed by atoms with van der Waals surface area (Å²) in [6, 6.07) is 6.52. The van der Waals surface area contributed by atoms with Gasteiger partial charge in [0.15, 0.2) is 6.29 Å². The lowest BCUT2D eigenvalue weighted by Crippen LogP contribution is -2.24. The van der Waals surface area contributed by atoms with Gasteiger partial charge in [-0.25, -0.2) is 9.97 Å². The van der Waals surface area contributed by atoms with E-state index < -0.39 is 24.9 Å². The number of nitrogens with zero attached hydrogens (tertiary/aromatic N) is 2. The molecule has 1 aromatic heterocycles. The lowest BCUT2D eigenvalue weighted by atomic mass is 9.89. The van der Waals surface area contributed by atoms with Crippen molar-refractivity contribution in [1.82, 2.24) is 9.97 Å². The number of aromatic nitrogens is 2. The summed E-state index contributed by atoms with van der Waals surface area (Å²) in [5.41, 5.74) is 1.09. The maximum atomic E-state index is 12.5. The zero-order valence-electron chi connectivity index (χ0n) is 15.4. The Morgan fingerprint density at radius 1 is 1.21 bits per heavy atom. The summed E-state index contributed by atoms with van der Waals surface area (Å²) in [4.78, 5) is 20.5. The quantitative estimate of drug-likeness (QED) is 0.651. The van der Waals surface area contributed by atoms with Crippen LogP contribution < -0.4 is 5.32 Å². The average molecular weight is 418 g/mol. The minimum Gasteiger partial charge on any atom is -0.352 e. The van der Waals surface area contributed by atoms with Crippen LogP contribution in [0.2, 0.25) is 5.02 Å². The van der Waals surface area contributed by atoms with Gasteiger partial charge in [0, 0.05) is 31.0 Å². The Balaban J connectivity index is 2.56. The minimum absolute atomic E-state index is 0.184. The molecule has 0 bridgehead atoms. The number of anilines is 1. The average Bonchev–Trinajstić information content (AvgIpc) is 2.63. The first-order valence-electron chi connectivity index (χ1n) is 8.15. The molecule has 2 rings (SSSR count). The van der Waals surface area contributed by atoms with Crippen LogP contribution in [0, 0.1) is 0 Å². The highest BCUT2D eigenvalue weighted by Crippen LogP contribution is 2.32. The summed E-state index contributed by atoms with van der Waals surface area (Å²) >= 11 is 5.91. The number of halogens is 4. The zero-order chi connectivity index (χ0) is 20.9. The Morgan fingerprint density at radius 3 is 2.32 bits per heavy atom. The van der Waals surface area contributed by atoms with Crippen LogP contribution in [0.15, 0.2) is 30.5 Å². The number of carbonyl (C=O) groups is 1. The van der Waals surface area contributed by atoms with Gasteiger partial charge in [-0.05, 0) is 24.6 Å². The van der Waals surface area contributed by atoms with E-state index in [9.17, 15) is 18.0 Å². The fourth-order valence-corrected chi connectivity index (χ4v) is 2.80. The second-order valence-electron chi connectivity index (χ2n) is 5.90. The molecular formula is C18H19ClF3N3O3. The number of Topliss-reactive ketones (excluding diaryl/α,β-unsaturated/α-hetero) is 1. The molecule has 0 radical (unpaired) electrons. The smallest absolute Gasteiger partial charge is 0.352 e. The number of ether oxygens (including phenoxy) is 2. The van der Waals surface area contributed by atoms with Crippen molar-refractivity contribution in [1.29, 1.82) is 0 Å². The number of hydrogen-bond acceptors (Lipinski definition) is 6. The monoisotopic (exact) mass is 417 g/mol. The maximum Gasteiger partial charge on any atom is 0.405 e. The number of carbonyl (C=O) groups excluding carboxylic acids is 1. The first kappa shape index (κ1) is 22.1. The van der Waals surface area contributed by atoms with E-state index in [1.807, 2.05) is 0 Å². The molecule has 0 amide bonds. The molecule has 0 fully saturated rings. The van der Waals surface area contributed by atoms with Crippen LogP contribution in [0.4, 0.5) is 19.1 Å². The van der Waals surface area contributed by atoms with E-state index in [4.69, 9.17) is 21.1 Å². The van der Waals surface area contributed by atoms with E-state index in [-0.39, 0.29) is 17.4 Å². The SMILES string of the molecule is COC(OC)c1cnc(NCC(F)(F)F)nc1C(C(C)=O)c1ccc(Cl)cc1. The molecule has 0 saturated carbocycles. The number of benzene rings is 1. The third-order valence-electron chi connectivity index (χ3n) is 3.86. The largest absolute Gasteiger partial charge is 0.405 e. The molecule has 0 aliphatic carbocycles. The second-order valence-corrected chi connectivity index (χ2v) is 6.34. The summed E-state index contributed by atoms with van der Waals surface area (Å²) in [5, 5.41) is 2.60. The number of hydrogen-bond donors (Lipinski definition) is 1. The molecule has 28 heavy (non-hydrogen) atoms. The van der Waals surface area contributed by atoms with Gasteiger partial charge in [0.2, 0.25) is 5.95 Å². The summed E-state index contributed by atoms with van der Waals surface area (Å²) in [7, 11) is 2.78. The predicted molar refractivity (Wildman–Crippen MR) is 97.3 cm³/mol. The van der Waals surface area contributed by atoms with E-state index in [0.29, 0.717) is 16.1 Å². The van der Waals surface area contributed by atoms with E-state index >= 15 is 0 Å². The first-order chi connectivity index (χ1) is 13.2. The first-order valence-corrected chi connectivity index (χ1v) is 8.53. The molecular weight excluding hydrogens is 399 g/mol. The second kappa shape index (κ2) is 9.31. The van der Waals surface area contributed by atoms with Crippen LogP contribution in [0.1, 0.15) is 36.0 Å². The van der Waals surface area contributed by atoms with Crippen LogP contribution >= 0.6 is 11.6 Å².